The summed E-state index contributed by atoms with van der Waals surface area (Å²) in [5.41, 5.74) is 3.71. The van der Waals surface area contributed by atoms with Crippen molar-refractivity contribution in [1.29, 1.82) is 0 Å². The summed E-state index contributed by atoms with van der Waals surface area (Å²) in [6.07, 6.45) is 0. The monoisotopic (exact) mass is 322 g/mol. The second-order valence-electron chi connectivity index (χ2n) is 4.55. The minimum atomic E-state index is -2.88. The highest BCUT2D eigenvalue weighted by atomic mass is 19.3. The molecule has 0 aliphatic heterocycles. The van der Waals surface area contributed by atoms with Gasteiger partial charge in [0.2, 0.25) is 0 Å². The lowest BCUT2D eigenvalue weighted by molar-refractivity contribution is -0.0498. The standard InChI is InChI=1S/C16H13F3N2O2/c1-10(11-4-8-14(9-5-11)23-16(18)19)20-21-15(22)12-2-6-13(17)7-3-12/h2-9,16H,1H3,(H,21,22)/b20-10-. The zero-order chi connectivity index (χ0) is 16.8. The number of hydrazone groups is 1. The average molecular weight is 322 g/mol. The van der Waals surface area contributed by atoms with Crippen molar-refractivity contribution in [1.82, 2.24) is 5.43 Å². The van der Waals surface area contributed by atoms with E-state index < -0.39 is 18.3 Å². The number of nitrogens with one attached hydrogen (secondary N) is 1. The van der Waals surface area contributed by atoms with Gasteiger partial charge in [0.05, 0.1) is 5.71 Å². The Balaban J connectivity index is 2.01. The van der Waals surface area contributed by atoms with Crippen LogP contribution in [0.4, 0.5) is 13.2 Å². The van der Waals surface area contributed by atoms with Gasteiger partial charge < -0.3 is 4.74 Å². The van der Waals surface area contributed by atoms with Crippen LogP contribution in [0.5, 0.6) is 5.75 Å². The molecule has 1 amide bonds. The molecule has 0 aromatic heterocycles. The van der Waals surface area contributed by atoms with Gasteiger partial charge >= 0.3 is 6.61 Å². The van der Waals surface area contributed by atoms with Crippen molar-refractivity contribution in [3.05, 3.63) is 65.5 Å². The van der Waals surface area contributed by atoms with Gasteiger partial charge in [-0.3, -0.25) is 4.79 Å². The van der Waals surface area contributed by atoms with Crippen LogP contribution < -0.4 is 10.2 Å². The van der Waals surface area contributed by atoms with Crippen molar-refractivity contribution in [2.24, 2.45) is 5.10 Å². The molecule has 0 unspecified atom stereocenters. The fourth-order valence-electron chi connectivity index (χ4n) is 1.74. The van der Waals surface area contributed by atoms with Crippen LogP contribution >= 0.6 is 0 Å². The average Bonchev–Trinajstić information content (AvgIpc) is 2.53. The molecular weight excluding hydrogens is 309 g/mol. The number of hydrogen-bond donors (Lipinski definition) is 1. The summed E-state index contributed by atoms with van der Waals surface area (Å²) in [5.74, 6) is -0.888. The van der Waals surface area contributed by atoms with Crippen LogP contribution in [-0.2, 0) is 0 Å². The number of hydrogen-bond acceptors (Lipinski definition) is 3. The topological polar surface area (TPSA) is 50.7 Å². The maximum atomic E-state index is 12.8. The van der Waals surface area contributed by atoms with Gasteiger partial charge in [-0.05, 0) is 61.0 Å². The normalized spacial score (nSPS) is 11.4. The van der Waals surface area contributed by atoms with Gasteiger partial charge in [-0.15, -0.1) is 0 Å². The van der Waals surface area contributed by atoms with Gasteiger partial charge in [-0.1, -0.05) is 0 Å². The molecule has 4 nitrogen and oxygen atoms in total. The van der Waals surface area contributed by atoms with Crippen molar-refractivity contribution < 1.29 is 22.7 Å². The number of nitrogens with zero attached hydrogens (tertiary/aromatic N) is 1. The maximum Gasteiger partial charge on any atom is 0.387 e. The lowest BCUT2D eigenvalue weighted by Gasteiger charge is -2.06. The number of carbonyl (C=O) groups excluding carboxylic acids is 1. The lowest BCUT2D eigenvalue weighted by atomic mass is 10.1. The first-order valence-corrected chi connectivity index (χ1v) is 6.61. The summed E-state index contributed by atoms with van der Waals surface area (Å²) in [6, 6.07) is 10.9. The van der Waals surface area contributed by atoms with E-state index in [0.717, 1.165) is 0 Å². The van der Waals surface area contributed by atoms with Crippen molar-refractivity contribution in [2.45, 2.75) is 13.5 Å². The molecule has 0 aliphatic rings. The first-order valence-electron chi connectivity index (χ1n) is 6.61. The van der Waals surface area contributed by atoms with E-state index in [0.29, 0.717) is 11.3 Å². The molecule has 7 heteroatoms. The van der Waals surface area contributed by atoms with Gasteiger partial charge in [0.25, 0.3) is 5.91 Å². The molecule has 0 atom stereocenters. The third-order valence-electron chi connectivity index (χ3n) is 2.93. The maximum absolute atomic E-state index is 12.8. The Labute approximate surface area is 130 Å². The van der Waals surface area contributed by atoms with Gasteiger partial charge in [-0.25, -0.2) is 9.82 Å². The van der Waals surface area contributed by atoms with Crippen LogP contribution in [0, 0.1) is 5.82 Å². The molecule has 0 saturated heterocycles. The molecule has 1 N–H and O–H groups in total. The second-order valence-corrected chi connectivity index (χ2v) is 4.55. The Morgan fingerprint density at radius 3 is 2.17 bits per heavy atom. The van der Waals surface area contributed by atoms with E-state index in [1.807, 2.05) is 0 Å². The quantitative estimate of drug-likeness (QED) is 0.676. The molecule has 0 bridgehead atoms. The lowest BCUT2D eigenvalue weighted by Crippen LogP contribution is -2.19. The Morgan fingerprint density at radius 1 is 1.04 bits per heavy atom. The Bertz CT molecular complexity index is 698. The second kappa shape index (κ2) is 7.44. The van der Waals surface area contributed by atoms with Crippen LogP contribution in [0.2, 0.25) is 0 Å². The predicted molar refractivity (Wildman–Crippen MR) is 79.2 cm³/mol. The minimum Gasteiger partial charge on any atom is -0.435 e. The Morgan fingerprint density at radius 2 is 1.61 bits per heavy atom. The fraction of sp³-hybridized carbons (Fsp3) is 0.125. The first kappa shape index (κ1) is 16.5. The van der Waals surface area contributed by atoms with E-state index in [2.05, 4.69) is 15.3 Å². The summed E-state index contributed by atoms with van der Waals surface area (Å²) in [7, 11) is 0. The summed E-state index contributed by atoms with van der Waals surface area (Å²) in [4.78, 5) is 11.8. The van der Waals surface area contributed by atoms with Crippen molar-refractivity contribution in [3.63, 3.8) is 0 Å². The largest absolute Gasteiger partial charge is 0.435 e. The molecule has 0 radical (unpaired) electrons. The molecule has 0 saturated carbocycles. The molecule has 2 aromatic carbocycles. The summed E-state index contributed by atoms with van der Waals surface area (Å²) < 4.78 is 41.1. The van der Waals surface area contributed by atoms with E-state index in [1.165, 1.54) is 36.4 Å². The van der Waals surface area contributed by atoms with Gasteiger partial charge in [0, 0.05) is 5.56 Å². The van der Waals surface area contributed by atoms with Crippen LogP contribution in [0.15, 0.2) is 53.6 Å². The van der Waals surface area contributed by atoms with Crippen LogP contribution in [-0.4, -0.2) is 18.2 Å². The van der Waals surface area contributed by atoms with E-state index >= 15 is 0 Å². The molecular formula is C16H13F3N2O2. The highest BCUT2D eigenvalue weighted by molar-refractivity contribution is 6.00. The SMILES string of the molecule is C/C(=N/NC(=O)c1ccc(F)cc1)c1ccc(OC(F)F)cc1. The molecule has 0 heterocycles. The van der Waals surface area contributed by atoms with E-state index in [4.69, 9.17) is 0 Å². The van der Waals surface area contributed by atoms with E-state index in [9.17, 15) is 18.0 Å². The number of halogens is 3. The van der Waals surface area contributed by atoms with E-state index in [-0.39, 0.29) is 11.3 Å². The highest BCUT2D eigenvalue weighted by Gasteiger charge is 2.06. The van der Waals surface area contributed by atoms with Gasteiger partial charge in [0.15, 0.2) is 0 Å². The number of alkyl halides is 2. The first-order chi connectivity index (χ1) is 11.0. The molecule has 23 heavy (non-hydrogen) atoms. The highest BCUT2D eigenvalue weighted by Crippen LogP contribution is 2.15. The number of carbonyl (C=O) groups is 1. The third-order valence-corrected chi connectivity index (χ3v) is 2.93. The summed E-state index contributed by atoms with van der Waals surface area (Å²) in [6.45, 7) is -1.24. The number of benzene rings is 2. The zero-order valence-electron chi connectivity index (χ0n) is 12.1. The molecule has 0 aliphatic carbocycles. The van der Waals surface area contributed by atoms with Crippen LogP contribution in [0.1, 0.15) is 22.8 Å². The van der Waals surface area contributed by atoms with Crippen LogP contribution in [0.3, 0.4) is 0 Å². The van der Waals surface area contributed by atoms with Crippen molar-refractivity contribution >= 4 is 11.6 Å². The molecule has 120 valence electrons. The molecule has 2 aromatic rings. The molecule has 0 fully saturated rings. The summed E-state index contributed by atoms with van der Waals surface area (Å²) >= 11 is 0. The smallest absolute Gasteiger partial charge is 0.387 e. The minimum absolute atomic E-state index is 0.0342. The Kier molecular flexibility index (Phi) is 5.35. The molecule has 2 rings (SSSR count). The van der Waals surface area contributed by atoms with Crippen molar-refractivity contribution in [3.8, 4) is 5.75 Å². The number of rotatable bonds is 5. The zero-order valence-corrected chi connectivity index (χ0v) is 12.1. The molecule has 0 spiro atoms. The van der Waals surface area contributed by atoms with E-state index in [1.54, 1.807) is 19.1 Å². The Hall–Kier alpha value is -2.83. The number of ether oxygens (including phenoxy) is 1. The predicted octanol–water partition coefficient (Wildman–Crippen LogP) is 3.58. The van der Waals surface area contributed by atoms with Gasteiger partial charge in [0.1, 0.15) is 11.6 Å². The number of amides is 1. The van der Waals surface area contributed by atoms with Crippen molar-refractivity contribution in [2.75, 3.05) is 0 Å². The van der Waals surface area contributed by atoms with Gasteiger partial charge in [-0.2, -0.15) is 13.9 Å². The van der Waals surface area contributed by atoms with Crippen LogP contribution in [0.25, 0.3) is 0 Å². The summed E-state index contributed by atoms with van der Waals surface area (Å²) in [5, 5.41) is 3.92. The third kappa shape index (κ3) is 4.84. The fourth-order valence-corrected chi connectivity index (χ4v) is 1.74.